The Balaban J connectivity index is 3.60. The first-order chi connectivity index (χ1) is 34.9. The molecule has 5 atom stereocenters. The largest absolute Gasteiger partial charge is 0.465 e. The number of anilines is 2. The number of oxime groups is 1. The van der Waals surface area contributed by atoms with Gasteiger partial charge in [-0.05, 0) is 124 Å². The van der Waals surface area contributed by atoms with Gasteiger partial charge in [0.1, 0.15) is 26.4 Å². The predicted octanol–water partition coefficient (Wildman–Crippen LogP) is 7.93. The van der Waals surface area contributed by atoms with Gasteiger partial charge in [0, 0.05) is 24.4 Å². The molecule has 0 aliphatic rings. The third kappa shape index (κ3) is 25.3. The lowest BCUT2D eigenvalue weighted by atomic mass is 9.64. The molecule has 428 valence electrons. The number of aryl methyl sites for hydroxylation is 1. The van der Waals surface area contributed by atoms with Crippen LogP contribution in [0.25, 0.3) is 0 Å². The highest BCUT2D eigenvalue weighted by atomic mass is 32.2. The monoisotopic (exact) mass is 1090 g/mol. The lowest BCUT2D eigenvalue weighted by molar-refractivity contribution is -0.169. The summed E-state index contributed by atoms with van der Waals surface area (Å²) >= 11 is 0. The van der Waals surface area contributed by atoms with E-state index in [1.807, 2.05) is 20.8 Å². The van der Waals surface area contributed by atoms with Crippen LogP contribution in [0.3, 0.4) is 0 Å². The average Bonchev–Trinajstić information content (AvgIpc) is 3.32. The normalized spacial score (nSPS) is 14.9. The van der Waals surface area contributed by atoms with Gasteiger partial charge in [-0.3, -0.25) is 44.0 Å². The van der Waals surface area contributed by atoms with E-state index in [4.69, 9.17) is 33.3 Å². The van der Waals surface area contributed by atoms with Gasteiger partial charge < -0.3 is 38.8 Å². The molecule has 0 saturated carbocycles. The molecule has 0 heterocycles. The van der Waals surface area contributed by atoms with Crippen molar-refractivity contribution in [3.63, 3.8) is 0 Å². The Morgan fingerprint density at radius 2 is 1.32 bits per heavy atom. The summed E-state index contributed by atoms with van der Waals surface area (Å²) in [6.07, 6.45) is 1.06. The molecular formula is C52H86N4O18S. The number of nitrogens with zero attached hydrogens (tertiary/aromatic N) is 1. The molecule has 0 fully saturated rings. The molecule has 23 heteroatoms. The van der Waals surface area contributed by atoms with Crippen molar-refractivity contribution in [1.29, 1.82) is 0 Å². The van der Waals surface area contributed by atoms with Crippen LogP contribution in [-0.4, -0.2) is 130 Å². The fourth-order valence-corrected chi connectivity index (χ4v) is 9.37. The highest BCUT2D eigenvalue weighted by molar-refractivity contribution is 7.85. The van der Waals surface area contributed by atoms with Crippen molar-refractivity contribution < 1.29 is 84.9 Å². The number of aliphatic hydroxyl groups excluding tert-OH is 1. The first kappa shape index (κ1) is 67.6. The molecule has 75 heavy (non-hydrogen) atoms. The Morgan fingerprint density at radius 1 is 0.733 bits per heavy atom. The minimum Gasteiger partial charge on any atom is -0.465 e. The van der Waals surface area contributed by atoms with Crippen LogP contribution in [0.1, 0.15) is 146 Å². The molecule has 0 bridgehead atoms. The quantitative estimate of drug-likeness (QED) is 0.00819. The minimum absolute atomic E-state index is 0.00145. The van der Waals surface area contributed by atoms with Gasteiger partial charge in [-0.1, -0.05) is 58.2 Å². The summed E-state index contributed by atoms with van der Waals surface area (Å²) in [6.45, 7) is 17.9. The number of nitrogens with one attached hydrogen (secondary N) is 3. The van der Waals surface area contributed by atoms with Crippen molar-refractivity contribution in [1.82, 2.24) is 5.32 Å². The lowest BCUT2D eigenvalue weighted by Crippen LogP contribution is -2.51. The topological polar surface area (TPSA) is 307 Å². The summed E-state index contributed by atoms with van der Waals surface area (Å²) in [7, 11) is -3.11. The van der Waals surface area contributed by atoms with E-state index in [9.17, 15) is 51.6 Å². The molecule has 0 aromatic heterocycles. The molecule has 1 rings (SSSR count). The summed E-state index contributed by atoms with van der Waals surface area (Å²) in [5, 5.41) is 21.1. The number of carbonyl (C=O) groups excluding carboxylic acids is 7. The van der Waals surface area contributed by atoms with Crippen LogP contribution in [-0.2, 0) is 67.3 Å². The SMILES string of the molecule is CCCCC(CC)COC(=O)C(CC(C)(C)C(=O)OCCOC(=O)Nc1cc(NC(=O)ON=C(C)CC)ccc1C)CC(C)(CC(C)(CC(CC)C(=O)NC(C)(C)CS(=O)(=O)O)C(=O)OCCO)C(=O)OCCOC. The smallest absolute Gasteiger partial charge is 0.437 e. The van der Waals surface area contributed by atoms with Crippen LogP contribution in [0, 0.1) is 40.9 Å². The summed E-state index contributed by atoms with van der Waals surface area (Å²) in [4.78, 5) is 101. The van der Waals surface area contributed by atoms with Crippen LogP contribution in [0.5, 0.6) is 0 Å². The zero-order valence-electron chi connectivity index (χ0n) is 46.5. The zero-order valence-corrected chi connectivity index (χ0v) is 47.3. The summed E-state index contributed by atoms with van der Waals surface area (Å²) in [6, 6.07) is 4.74. The molecule has 0 spiro atoms. The van der Waals surface area contributed by atoms with E-state index in [0.29, 0.717) is 35.5 Å². The third-order valence-electron chi connectivity index (χ3n) is 12.6. The number of aliphatic hydroxyl groups is 1. The Kier molecular flexibility index (Phi) is 29.1. The van der Waals surface area contributed by atoms with Crippen LogP contribution in [0.2, 0.25) is 0 Å². The molecule has 3 amide bonds. The van der Waals surface area contributed by atoms with Crippen LogP contribution in [0.15, 0.2) is 23.4 Å². The van der Waals surface area contributed by atoms with E-state index in [-0.39, 0.29) is 64.6 Å². The lowest BCUT2D eigenvalue weighted by Gasteiger charge is -2.40. The number of hydrogen-bond donors (Lipinski definition) is 5. The minimum atomic E-state index is -4.52. The van der Waals surface area contributed by atoms with Gasteiger partial charge in [0.05, 0.1) is 59.0 Å². The Hall–Kier alpha value is -5.39. The maximum absolute atomic E-state index is 14.5. The van der Waals surface area contributed by atoms with Gasteiger partial charge in [0.2, 0.25) is 5.91 Å². The van der Waals surface area contributed by atoms with Gasteiger partial charge in [-0.15, -0.1) is 0 Å². The van der Waals surface area contributed by atoms with E-state index < -0.39 is 111 Å². The first-order valence-corrected chi connectivity index (χ1v) is 27.2. The number of esters is 4. The number of ether oxygens (including phenoxy) is 6. The highest BCUT2D eigenvalue weighted by Gasteiger charge is 2.51. The second-order valence-electron chi connectivity index (χ2n) is 20.8. The van der Waals surface area contributed by atoms with Crippen molar-refractivity contribution in [3.05, 3.63) is 23.8 Å². The summed E-state index contributed by atoms with van der Waals surface area (Å²) in [5.74, 6) is -6.89. The number of carbonyl (C=O) groups is 7. The van der Waals surface area contributed by atoms with E-state index in [1.54, 1.807) is 32.9 Å². The van der Waals surface area contributed by atoms with Gasteiger partial charge in [0.25, 0.3) is 10.1 Å². The van der Waals surface area contributed by atoms with Crippen molar-refractivity contribution in [2.75, 3.05) is 69.7 Å². The van der Waals surface area contributed by atoms with Crippen LogP contribution in [0.4, 0.5) is 21.0 Å². The fourth-order valence-electron chi connectivity index (χ4n) is 8.38. The van der Waals surface area contributed by atoms with Gasteiger partial charge in [-0.2, -0.15) is 8.42 Å². The molecule has 5 N–H and O–H groups in total. The second kappa shape index (κ2) is 32.3. The number of benzene rings is 1. The molecule has 5 unspecified atom stereocenters. The maximum Gasteiger partial charge on any atom is 0.437 e. The number of hydrogen-bond acceptors (Lipinski definition) is 18. The number of amides is 3. The molecule has 22 nitrogen and oxygen atoms in total. The standard InChI is InChI=1S/C52H86N4O18S/c1-14-18-19-37(16-3)32-73-43(59)39(29-49(7,8)44(60)70-26-27-72-47(63)54-41-28-40(21-20-35(41)5)53-48(64)74-56-36(6)15-2)31-52(12,46(62)71-25-24-68-13)33-51(11,45(61)69-23-22-57)30-38(17-4)42(58)55-50(9,10)34-75(65,66)67/h20-21,28,37-39,57H,14-19,22-27,29-34H2,1-13H3,(H,53,64)(H,54,63)(H,55,58)(H,65,66,67). The Labute approximate surface area is 443 Å². The summed E-state index contributed by atoms with van der Waals surface area (Å²) < 4.78 is 66.2. The second-order valence-corrected chi connectivity index (χ2v) is 22.3. The van der Waals surface area contributed by atoms with Gasteiger partial charge in [-0.25, -0.2) is 9.59 Å². The van der Waals surface area contributed by atoms with Crippen LogP contribution < -0.4 is 16.0 Å². The van der Waals surface area contributed by atoms with Crippen molar-refractivity contribution in [3.8, 4) is 0 Å². The number of unbranched alkanes of at least 4 members (excludes halogenated alkanes) is 1. The predicted molar refractivity (Wildman–Crippen MR) is 280 cm³/mol. The Bertz CT molecular complexity index is 2180. The third-order valence-corrected chi connectivity index (χ3v) is 13.7. The molecule has 0 aliphatic heterocycles. The van der Waals surface area contributed by atoms with Crippen molar-refractivity contribution in [2.24, 2.45) is 39.2 Å². The van der Waals surface area contributed by atoms with Gasteiger partial charge in [0.15, 0.2) is 0 Å². The van der Waals surface area contributed by atoms with Crippen LogP contribution >= 0.6 is 0 Å². The van der Waals surface area contributed by atoms with E-state index in [0.717, 1.165) is 19.3 Å². The average molecular weight is 1090 g/mol. The van der Waals surface area contributed by atoms with E-state index in [1.165, 1.54) is 54.7 Å². The number of methoxy groups -OCH3 is 1. The fraction of sp³-hybridized carbons (Fsp3) is 0.731. The van der Waals surface area contributed by atoms with Crippen molar-refractivity contribution in [2.45, 2.75) is 153 Å². The Morgan fingerprint density at radius 3 is 1.88 bits per heavy atom. The molecular weight excluding hydrogens is 1000 g/mol. The molecule has 0 aliphatic carbocycles. The molecule has 1 aromatic rings. The van der Waals surface area contributed by atoms with E-state index in [2.05, 4.69) is 21.1 Å². The highest BCUT2D eigenvalue weighted by Crippen LogP contribution is 2.46. The molecule has 1 aromatic carbocycles. The maximum atomic E-state index is 14.5. The van der Waals surface area contributed by atoms with E-state index >= 15 is 0 Å². The number of rotatable bonds is 35. The zero-order chi connectivity index (χ0) is 57.2. The molecule has 0 radical (unpaired) electrons. The molecule has 0 saturated heterocycles. The summed E-state index contributed by atoms with van der Waals surface area (Å²) in [5.41, 5.74) is -4.50. The van der Waals surface area contributed by atoms with Crippen molar-refractivity contribution >= 4 is 69.2 Å². The van der Waals surface area contributed by atoms with Gasteiger partial charge >= 0.3 is 36.1 Å². The first-order valence-electron chi connectivity index (χ1n) is 25.5.